The van der Waals surface area contributed by atoms with Gasteiger partial charge in [-0.2, -0.15) is 0 Å². The van der Waals surface area contributed by atoms with Gasteiger partial charge in [0, 0.05) is 30.5 Å². The van der Waals surface area contributed by atoms with Crippen LogP contribution in [0.5, 0.6) is 0 Å². The molecule has 1 amide bonds. The van der Waals surface area contributed by atoms with Gasteiger partial charge in [0.2, 0.25) is 5.91 Å². The lowest BCUT2D eigenvalue weighted by atomic mass is 10.1. The first-order chi connectivity index (χ1) is 7.72. The molecule has 0 aromatic carbocycles. The van der Waals surface area contributed by atoms with Crippen molar-refractivity contribution in [1.82, 2.24) is 4.90 Å². The monoisotopic (exact) mass is 225 g/mol. The normalized spacial score (nSPS) is 22.0. The first-order valence-electron chi connectivity index (χ1n) is 5.73. The molecule has 2 atom stereocenters. The highest BCUT2D eigenvalue weighted by atomic mass is 16.2. The van der Waals surface area contributed by atoms with Crippen molar-refractivity contribution in [2.24, 2.45) is 16.8 Å². The number of rotatable bonds is 6. The van der Waals surface area contributed by atoms with Gasteiger partial charge in [-0.3, -0.25) is 4.79 Å². The van der Waals surface area contributed by atoms with E-state index in [0.717, 1.165) is 12.8 Å². The van der Waals surface area contributed by atoms with E-state index in [9.17, 15) is 4.79 Å². The first kappa shape index (κ1) is 12.8. The van der Waals surface area contributed by atoms with Crippen LogP contribution in [0.3, 0.4) is 0 Å². The number of likely N-dealkylation sites (tertiary alicyclic amines) is 1. The maximum Gasteiger partial charge on any atom is 0.223 e. The van der Waals surface area contributed by atoms with Crippen LogP contribution in [0.4, 0.5) is 0 Å². The summed E-state index contributed by atoms with van der Waals surface area (Å²) in [7, 11) is 0. The van der Waals surface area contributed by atoms with E-state index in [1.807, 2.05) is 4.90 Å². The van der Waals surface area contributed by atoms with Crippen LogP contribution in [-0.4, -0.2) is 36.5 Å². The molecule has 0 radical (unpaired) electrons. The zero-order valence-electron chi connectivity index (χ0n) is 9.67. The van der Waals surface area contributed by atoms with Gasteiger partial charge in [-0.25, -0.2) is 0 Å². The summed E-state index contributed by atoms with van der Waals surface area (Å²) >= 11 is 0. The summed E-state index contributed by atoms with van der Waals surface area (Å²) in [5, 5.41) is 3.53. The van der Waals surface area contributed by atoms with Gasteiger partial charge in [-0.05, 0) is 30.8 Å². The molecule has 0 saturated carbocycles. The quantitative estimate of drug-likeness (QED) is 0.418. The zero-order valence-corrected chi connectivity index (χ0v) is 9.67. The van der Waals surface area contributed by atoms with Crippen LogP contribution >= 0.6 is 0 Å². The average Bonchev–Trinajstić information content (AvgIpc) is 2.64. The van der Waals surface area contributed by atoms with Crippen molar-refractivity contribution in [1.29, 1.82) is 0 Å². The number of carbonyl (C=O) groups excluding carboxylic acids is 1. The largest absolute Gasteiger partial charge is 0.339 e. The Balaban J connectivity index is 2.55. The third kappa shape index (κ3) is 3.12. The molecule has 2 N–H and O–H groups in total. The molecule has 1 aliphatic heterocycles. The highest BCUT2D eigenvalue weighted by Crippen LogP contribution is 2.23. The van der Waals surface area contributed by atoms with E-state index in [4.69, 9.17) is 11.3 Å². The molecule has 2 unspecified atom stereocenters. The SMILES string of the molecule is CCC(CCN)N1CC(CN=[N+]=[N-])CC1=O. The lowest BCUT2D eigenvalue weighted by Gasteiger charge is -2.26. The Kier molecular flexibility index (Phi) is 5.08. The van der Waals surface area contributed by atoms with Crippen molar-refractivity contribution in [3.05, 3.63) is 10.4 Å². The zero-order chi connectivity index (χ0) is 12.0. The lowest BCUT2D eigenvalue weighted by molar-refractivity contribution is -0.129. The summed E-state index contributed by atoms with van der Waals surface area (Å²) in [6.45, 7) is 3.78. The fraction of sp³-hybridized carbons (Fsp3) is 0.900. The van der Waals surface area contributed by atoms with Gasteiger partial charge >= 0.3 is 0 Å². The molecule has 0 aromatic heterocycles. The molecule has 0 aliphatic carbocycles. The van der Waals surface area contributed by atoms with Gasteiger partial charge in [0.25, 0.3) is 0 Å². The Morgan fingerprint density at radius 1 is 1.75 bits per heavy atom. The molecule has 90 valence electrons. The molecule has 0 aromatic rings. The van der Waals surface area contributed by atoms with Crippen LogP contribution in [0.1, 0.15) is 26.2 Å². The molecule has 1 aliphatic rings. The van der Waals surface area contributed by atoms with Gasteiger partial charge in [0.15, 0.2) is 0 Å². The van der Waals surface area contributed by atoms with Crippen molar-refractivity contribution in [2.45, 2.75) is 32.2 Å². The Hall–Kier alpha value is -1.26. The topological polar surface area (TPSA) is 95.1 Å². The molecule has 1 heterocycles. The smallest absolute Gasteiger partial charge is 0.223 e. The summed E-state index contributed by atoms with van der Waals surface area (Å²) in [4.78, 5) is 16.4. The summed E-state index contributed by atoms with van der Waals surface area (Å²) in [5.74, 6) is 0.341. The number of amides is 1. The van der Waals surface area contributed by atoms with Crippen molar-refractivity contribution in [3.8, 4) is 0 Å². The number of carbonyl (C=O) groups is 1. The number of hydrogen-bond acceptors (Lipinski definition) is 3. The molecule has 1 fully saturated rings. The molecule has 6 nitrogen and oxygen atoms in total. The minimum absolute atomic E-state index is 0.165. The second kappa shape index (κ2) is 6.35. The van der Waals surface area contributed by atoms with Crippen LogP contribution in [0.15, 0.2) is 5.11 Å². The molecule has 1 saturated heterocycles. The summed E-state index contributed by atoms with van der Waals surface area (Å²) in [6, 6.07) is 0.244. The minimum Gasteiger partial charge on any atom is -0.339 e. The number of nitrogens with zero attached hydrogens (tertiary/aromatic N) is 4. The van der Waals surface area contributed by atoms with Crippen LogP contribution in [0, 0.1) is 5.92 Å². The van der Waals surface area contributed by atoms with Gasteiger partial charge in [0.1, 0.15) is 0 Å². The molecule has 6 heteroatoms. The van der Waals surface area contributed by atoms with Crippen molar-refractivity contribution in [2.75, 3.05) is 19.6 Å². The third-order valence-corrected chi connectivity index (χ3v) is 3.05. The highest BCUT2D eigenvalue weighted by molar-refractivity contribution is 5.79. The van der Waals surface area contributed by atoms with Gasteiger partial charge in [0.05, 0.1) is 0 Å². The highest BCUT2D eigenvalue weighted by Gasteiger charge is 2.32. The van der Waals surface area contributed by atoms with E-state index < -0.39 is 0 Å². The molecule has 1 rings (SSSR count). The Morgan fingerprint density at radius 3 is 3.06 bits per heavy atom. The lowest BCUT2D eigenvalue weighted by Crippen LogP contribution is -2.37. The third-order valence-electron chi connectivity index (χ3n) is 3.05. The van der Waals surface area contributed by atoms with Gasteiger partial charge < -0.3 is 10.6 Å². The van der Waals surface area contributed by atoms with Crippen molar-refractivity contribution >= 4 is 5.91 Å². The second-order valence-electron chi connectivity index (χ2n) is 4.17. The van der Waals surface area contributed by atoms with Crippen LogP contribution < -0.4 is 5.73 Å². The average molecular weight is 225 g/mol. The van der Waals surface area contributed by atoms with Crippen LogP contribution in [0.2, 0.25) is 0 Å². The first-order valence-corrected chi connectivity index (χ1v) is 5.73. The van der Waals surface area contributed by atoms with Crippen molar-refractivity contribution in [3.63, 3.8) is 0 Å². The molecular weight excluding hydrogens is 206 g/mol. The molecule has 0 bridgehead atoms. The van der Waals surface area contributed by atoms with Crippen LogP contribution in [0.25, 0.3) is 10.4 Å². The van der Waals surface area contributed by atoms with E-state index in [-0.39, 0.29) is 17.9 Å². The molecular formula is C10H19N5O. The van der Waals surface area contributed by atoms with E-state index in [1.165, 1.54) is 0 Å². The summed E-state index contributed by atoms with van der Waals surface area (Å²) in [5.41, 5.74) is 13.8. The predicted molar refractivity (Wildman–Crippen MR) is 61.6 cm³/mol. The Labute approximate surface area is 95.4 Å². The van der Waals surface area contributed by atoms with E-state index in [1.54, 1.807) is 0 Å². The van der Waals surface area contributed by atoms with Crippen molar-refractivity contribution < 1.29 is 4.79 Å². The maximum absolute atomic E-state index is 11.8. The number of nitrogens with two attached hydrogens (primary N) is 1. The molecule has 16 heavy (non-hydrogen) atoms. The number of hydrogen-bond donors (Lipinski definition) is 1. The maximum atomic E-state index is 11.8. The fourth-order valence-corrected chi connectivity index (χ4v) is 2.21. The van der Waals surface area contributed by atoms with Gasteiger partial charge in [-0.1, -0.05) is 12.0 Å². The summed E-state index contributed by atoms with van der Waals surface area (Å²) in [6.07, 6.45) is 2.27. The molecule has 0 spiro atoms. The van der Waals surface area contributed by atoms with E-state index >= 15 is 0 Å². The summed E-state index contributed by atoms with van der Waals surface area (Å²) < 4.78 is 0. The fourth-order valence-electron chi connectivity index (χ4n) is 2.21. The predicted octanol–water partition coefficient (Wildman–Crippen LogP) is 1.27. The Morgan fingerprint density at radius 2 is 2.50 bits per heavy atom. The number of azide groups is 1. The van der Waals surface area contributed by atoms with E-state index in [0.29, 0.717) is 26.1 Å². The second-order valence-corrected chi connectivity index (χ2v) is 4.17. The Bertz CT molecular complexity index is 287. The minimum atomic E-state index is 0.165. The standard InChI is InChI=1S/C10H19N5O/c1-2-9(3-4-11)15-7-8(5-10(15)16)6-13-14-12/h8-9H,2-7,11H2,1H3. The van der Waals surface area contributed by atoms with Crippen LogP contribution in [-0.2, 0) is 4.79 Å². The van der Waals surface area contributed by atoms with Gasteiger partial charge in [-0.15, -0.1) is 0 Å². The van der Waals surface area contributed by atoms with E-state index in [2.05, 4.69) is 16.9 Å².